The average molecular weight is 389 g/mol. The summed E-state index contributed by atoms with van der Waals surface area (Å²) in [6.07, 6.45) is 28.3. The predicted molar refractivity (Wildman–Crippen MR) is 122 cm³/mol. The van der Waals surface area contributed by atoms with Crippen molar-refractivity contribution in [3.63, 3.8) is 0 Å². The van der Waals surface area contributed by atoms with Gasteiger partial charge in [-0.05, 0) is 120 Å². The summed E-state index contributed by atoms with van der Waals surface area (Å²) in [6.45, 7) is 5.40. The van der Waals surface area contributed by atoms with E-state index in [0.717, 1.165) is 36.2 Å². The molecule has 0 unspecified atom stereocenters. The first kappa shape index (κ1) is 22.4. The topological polar surface area (TPSA) is 9.23 Å². The van der Waals surface area contributed by atoms with Crippen LogP contribution in [-0.4, -0.2) is 12.7 Å². The molecule has 0 bridgehead atoms. The van der Waals surface area contributed by atoms with Gasteiger partial charge in [-0.3, -0.25) is 0 Å². The van der Waals surface area contributed by atoms with Crippen molar-refractivity contribution in [1.29, 1.82) is 0 Å². The van der Waals surface area contributed by atoms with Crippen LogP contribution in [0.25, 0.3) is 0 Å². The molecule has 28 heavy (non-hydrogen) atoms. The number of hydrogen-bond donors (Lipinski definition) is 0. The van der Waals surface area contributed by atoms with E-state index in [0.29, 0.717) is 6.10 Å². The van der Waals surface area contributed by atoms with Crippen molar-refractivity contribution >= 4 is 0 Å². The lowest BCUT2D eigenvalue weighted by Crippen LogP contribution is -2.31. The second-order valence-electron chi connectivity index (χ2n) is 10.4. The van der Waals surface area contributed by atoms with Crippen molar-refractivity contribution in [1.82, 2.24) is 0 Å². The molecule has 0 spiro atoms. The van der Waals surface area contributed by atoms with E-state index in [1.54, 1.807) is 12.8 Å². The van der Waals surface area contributed by atoms with E-state index < -0.39 is 0 Å². The van der Waals surface area contributed by atoms with E-state index in [-0.39, 0.29) is 0 Å². The Kier molecular flexibility index (Phi) is 9.92. The van der Waals surface area contributed by atoms with Crippen molar-refractivity contribution < 1.29 is 4.74 Å². The molecule has 1 nitrogen and oxygen atoms in total. The molecule has 3 aliphatic rings. The van der Waals surface area contributed by atoms with E-state index in [1.807, 2.05) is 0 Å². The van der Waals surface area contributed by atoms with E-state index in [4.69, 9.17) is 4.74 Å². The highest BCUT2D eigenvalue weighted by Crippen LogP contribution is 2.45. The van der Waals surface area contributed by atoms with Gasteiger partial charge in [-0.2, -0.15) is 0 Å². The van der Waals surface area contributed by atoms with Crippen molar-refractivity contribution in [2.45, 2.75) is 123 Å². The van der Waals surface area contributed by atoms with Crippen LogP contribution in [0.3, 0.4) is 0 Å². The number of rotatable bonds is 9. The zero-order chi connectivity index (χ0) is 19.6. The van der Waals surface area contributed by atoms with Gasteiger partial charge in [0.2, 0.25) is 0 Å². The summed E-state index contributed by atoms with van der Waals surface area (Å²) < 4.78 is 6.09. The van der Waals surface area contributed by atoms with Crippen LogP contribution in [0.5, 0.6) is 0 Å². The molecule has 0 atom stereocenters. The fourth-order valence-electron chi connectivity index (χ4n) is 6.66. The maximum atomic E-state index is 6.09. The van der Waals surface area contributed by atoms with Gasteiger partial charge in [-0.15, -0.1) is 0 Å². The summed E-state index contributed by atoms with van der Waals surface area (Å²) in [4.78, 5) is 0. The maximum absolute atomic E-state index is 6.09. The Hall–Kier alpha value is -0.300. The molecule has 0 saturated heterocycles. The SMILES string of the molecule is C/C=C/CCC1CCC(C2CCC(C3CCC(OCCCC)CC3)CC2)CC1. The van der Waals surface area contributed by atoms with Crippen LogP contribution < -0.4 is 0 Å². The smallest absolute Gasteiger partial charge is 0.0575 e. The molecule has 0 aromatic carbocycles. The molecule has 162 valence electrons. The van der Waals surface area contributed by atoms with Crippen LogP contribution in [-0.2, 0) is 4.74 Å². The molecule has 0 aliphatic heterocycles. The number of hydrogen-bond acceptors (Lipinski definition) is 1. The van der Waals surface area contributed by atoms with Gasteiger partial charge in [-0.1, -0.05) is 38.3 Å². The Balaban J connectivity index is 1.30. The van der Waals surface area contributed by atoms with Gasteiger partial charge in [0.25, 0.3) is 0 Å². The van der Waals surface area contributed by atoms with Gasteiger partial charge in [0.1, 0.15) is 0 Å². The summed E-state index contributed by atoms with van der Waals surface area (Å²) in [5.41, 5.74) is 0. The summed E-state index contributed by atoms with van der Waals surface area (Å²) in [6, 6.07) is 0. The Bertz CT molecular complexity index is 418. The van der Waals surface area contributed by atoms with Gasteiger partial charge < -0.3 is 4.74 Å². The van der Waals surface area contributed by atoms with Crippen LogP contribution in [0.1, 0.15) is 117 Å². The highest BCUT2D eigenvalue weighted by atomic mass is 16.5. The van der Waals surface area contributed by atoms with Crippen LogP contribution in [0.2, 0.25) is 0 Å². The molecule has 0 N–H and O–H groups in total. The predicted octanol–water partition coefficient (Wildman–Crippen LogP) is 8.33. The molecule has 3 saturated carbocycles. The molecule has 0 aromatic rings. The largest absolute Gasteiger partial charge is 0.378 e. The van der Waals surface area contributed by atoms with Crippen molar-refractivity contribution in [3.8, 4) is 0 Å². The fourth-order valence-corrected chi connectivity index (χ4v) is 6.66. The molecule has 0 heterocycles. The zero-order valence-electron chi connectivity index (χ0n) is 19.0. The Morgan fingerprint density at radius 1 is 0.714 bits per heavy atom. The monoisotopic (exact) mass is 388 g/mol. The fraction of sp³-hybridized carbons (Fsp3) is 0.926. The lowest BCUT2D eigenvalue weighted by molar-refractivity contribution is 0.00426. The molecule has 1 heteroatoms. The van der Waals surface area contributed by atoms with Crippen LogP contribution in [0, 0.1) is 29.6 Å². The van der Waals surface area contributed by atoms with Crippen molar-refractivity contribution in [2.75, 3.05) is 6.61 Å². The second kappa shape index (κ2) is 12.4. The number of unbranched alkanes of at least 4 members (excludes halogenated alkanes) is 1. The van der Waals surface area contributed by atoms with Gasteiger partial charge in [-0.25, -0.2) is 0 Å². The second-order valence-corrected chi connectivity index (χ2v) is 10.4. The number of allylic oxidation sites excluding steroid dienone is 2. The lowest BCUT2D eigenvalue weighted by Gasteiger charge is -2.41. The standard InChI is InChI=1S/C27H48O/c1-3-5-7-8-22-9-11-23(12-10-22)24-13-15-25(16-14-24)26-17-19-27(20-18-26)28-21-6-4-2/h3,5,22-27H,4,6-21H2,1-2H3/b5-3+. The van der Waals surface area contributed by atoms with Crippen LogP contribution in [0.15, 0.2) is 12.2 Å². The summed E-state index contributed by atoms with van der Waals surface area (Å²) >= 11 is 0. The molecule has 0 radical (unpaired) electrons. The van der Waals surface area contributed by atoms with E-state index in [9.17, 15) is 0 Å². The molecule has 0 aromatic heterocycles. The van der Waals surface area contributed by atoms with E-state index in [2.05, 4.69) is 26.0 Å². The number of ether oxygens (including phenoxy) is 1. The molecule has 3 rings (SSSR count). The highest BCUT2D eigenvalue weighted by Gasteiger charge is 2.34. The summed E-state index contributed by atoms with van der Waals surface area (Å²) in [5.74, 6) is 5.24. The Labute approximate surface area is 176 Å². The first-order chi connectivity index (χ1) is 13.8. The molecular weight excluding hydrogens is 340 g/mol. The molecule has 3 aliphatic carbocycles. The first-order valence-corrected chi connectivity index (χ1v) is 13.0. The maximum Gasteiger partial charge on any atom is 0.0575 e. The minimum atomic E-state index is 0.585. The van der Waals surface area contributed by atoms with Gasteiger partial charge in [0.15, 0.2) is 0 Å². The van der Waals surface area contributed by atoms with Crippen LogP contribution >= 0.6 is 0 Å². The molecular formula is C27H48O. The molecule has 0 amide bonds. The van der Waals surface area contributed by atoms with Gasteiger partial charge in [0.05, 0.1) is 6.10 Å². The van der Waals surface area contributed by atoms with E-state index in [1.165, 1.54) is 89.9 Å². The zero-order valence-corrected chi connectivity index (χ0v) is 19.0. The lowest BCUT2D eigenvalue weighted by atomic mass is 9.65. The van der Waals surface area contributed by atoms with Gasteiger partial charge >= 0.3 is 0 Å². The van der Waals surface area contributed by atoms with Crippen LogP contribution in [0.4, 0.5) is 0 Å². The third kappa shape index (κ3) is 6.89. The quantitative estimate of drug-likeness (QED) is 0.285. The Morgan fingerprint density at radius 3 is 1.71 bits per heavy atom. The summed E-state index contributed by atoms with van der Waals surface area (Å²) in [7, 11) is 0. The van der Waals surface area contributed by atoms with Crippen molar-refractivity contribution in [2.24, 2.45) is 29.6 Å². The van der Waals surface area contributed by atoms with Crippen molar-refractivity contribution in [3.05, 3.63) is 12.2 Å². The summed E-state index contributed by atoms with van der Waals surface area (Å²) in [5, 5.41) is 0. The average Bonchev–Trinajstić information content (AvgIpc) is 2.75. The van der Waals surface area contributed by atoms with Gasteiger partial charge in [0, 0.05) is 6.61 Å². The minimum Gasteiger partial charge on any atom is -0.378 e. The molecule has 3 fully saturated rings. The minimum absolute atomic E-state index is 0.585. The third-order valence-electron chi connectivity index (χ3n) is 8.59. The normalized spacial score (nSPS) is 37.4. The van der Waals surface area contributed by atoms with E-state index >= 15 is 0 Å². The first-order valence-electron chi connectivity index (χ1n) is 13.0. The highest BCUT2D eigenvalue weighted by molar-refractivity contribution is 4.86. The Morgan fingerprint density at radius 2 is 1.21 bits per heavy atom. The third-order valence-corrected chi connectivity index (χ3v) is 8.59.